The summed E-state index contributed by atoms with van der Waals surface area (Å²) in [5.41, 5.74) is -0.291. The summed E-state index contributed by atoms with van der Waals surface area (Å²) < 4.78 is 45.6. The first kappa shape index (κ1) is 24.1. The van der Waals surface area contributed by atoms with E-state index in [1.54, 1.807) is 13.1 Å². The Morgan fingerprint density at radius 1 is 1.34 bits per heavy atom. The van der Waals surface area contributed by atoms with Gasteiger partial charge in [-0.25, -0.2) is 4.68 Å². The van der Waals surface area contributed by atoms with Gasteiger partial charge in [0, 0.05) is 12.8 Å². The van der Waals surface area contributed by atoms with Crippen molar-refractivity contribution in [1.82, 2.24) is 9.78 Å². The van der Waals surface area contributed by atoms with Crippen LogP contribution in [-0.4, -0.2) is 46.1 Å². The van der Waals surface area contributed by atoms with Crippen LogP contribution in [0.2, 0.25) is 0 Å². The summed E-state index contributed by atoms with van der Waals surface area (Å²) in [6, 6.07) is 4.86. The van der Waals surface area contributed by atoms with Crippen molar-refractivity contribution in [3.05, 3.63) is 51.4 Å². The lowest BCUT2D eigenvalue weighted by Crippen LogP contribution is -2.30. The van der Waals surface area contributed by atoms with Crippen LogP contribution in [0, 0.1) is 11.3 Å². The molecule has 1 aromatic carbocycles. The number of anilines is 1. The first-order valence-electron chi connectivity index (χ1n) is 9.26. The summed E-state index contributed by atoms with van der Waals surface area (Å²) in [6.07, 6.45) is -3.01. The van der Waals surface area contributed by atoms with E-state index in [0.29, 0.717) is 20.5 Å². The summed E-state index contributed by atoms with van der Waals surface area (Å²) in [5, 5.41) is 28.0. The Bertz CT molecular complexity index is 1110. The number of aliphatic hydroxyl groups excluding tert-OH is 1. The molecule has 0 aliphatic carbocycles. The number of rotatable bonds is 7. The highest BCUT2D eigenvalue weighted by Crippen LogP contribution is 2.37. The molecule has 3 rings (SSSR count). The summed E-state index contributed by atoms with van der Waals surface area (Å²) in [6.45, 7) is 0.482. The van der Waals surface area contributed by atoms with E-state index in [0.717, 1.165) is 23.9 Å². The fourth-order valence-corrected chi connectivity index (χ4v) is 4.92. The number of fused-ring (bicyclic) bond motifs is 1. The molecule has 32 heavy (non-hydrogen) atoms. The third-order valence-electron chi connectivity index (χ3n) is 4.34. The van der Waals surface area contributed by atoms with E-state index in [1.165, 1.54) is 33.7 Å². The van der Waals surface area contributed by atoms with Gasteiger partial charge in [0.05, 0.1) is 55.4 Å². The summed E-state index contributed by atoms with van der Waals surface area (Å²) >= 11 is 2.36. The number of hydrazone groups is 1. The van der Waals surface area contributed by atoms with Gasteiger partial charge in [-0.2, -0.15) is 28.6 Å². The van der Waals surface area contributed by atoms with Gasteiger partial charge < -0.3 is 9.84 Å². The minimum atomic E-state index is -4.52. The van der Waals surface area contributed by atoms with Crippen LogP contribution in [0.1, 0.15) is 16.7 Å². The van der Waals surface area contributed by atoms with Gasteiger partial charge in [-0.1, -0.05) is 29.6 Å². The first-order chi connectivity index (χ1) is 15.2. The van der Waals surface area contributed by atoms with Crippen LogP contribution in [0.25, 0.3) is 0 Å². The van der Waals surface area contributed by atoms with Gasteiger partial charge in [-0.05, 0) is 17.7 Å². The number of aromatic nitrogens is 2. The third kappa shape index (κ3) is 5.63. The Hall–Kier alpha value is -2.53. The molecule has 1 N–H and O–H groups in total. The van der Waals surface area contributed by atoms with Gasteiger partial charge in [0.25, 0.3) is 5.56 Å². The number of nitriles is 1. The van der Waals surface area contributed by atoms with Crippen molar-refractivity contribution in [2.75, 3.05) is 31.9 Å². The second-order valence-corrected chi connectivity index (χ2v) is 8.71. The van der Waals surface area contributed by atoms with Crippen LogP contribution in [-0.2, 0) is 23.2 Å². The first-order valence-corrected chi connectivity index (χ1v) is 11.1. The fourth-order valence-electron chi connectivity index (χ4n) is 2.73. The van der Waals surface area contributed by atoms with E-state index in [1.807, 2.05) is 0 Å². The molecule has 13 heteroatoms. The van der Waals surface area contributed by atoms with Gasteiger partial charge in [0.2, 0.25) is 0 Å². The van der Waals surface area contributed by atoms with Gasteiger partial charge >= 0.3 is 6.18 Å². The summed E-state index contributed by atoms with van der Waals surface area (Å²) in [4.78, 5) is 13.2. The second-order valence-electron chi connectivity index (χ2n) is 6.48. The van der Waals surface area contributed by atoms with Crippen molar-refractivity contribution >= 4 is 33.6 Å². The molecule has 0 unspecified atom stereocenters. The molecular formula is C19H18F3N5O3S2. The lowest BCUT2D eigenvalue weighted by atomic mass is 10.1. The van der Waals surface area contributed by atoms with E-state index in [4.69, 9.17) is 9.84 Å². The molecular weight excluding hydrogens is 467 g/mol. The molecule has 1 aliphatic rings. The highest BCUT2D eigenvalue weighted by Gasteiger charge is 2.31. The van der Waals surface area contributed by atoms with E-state index in [2.05, 4.69) is 10.2 Å². The monoisotopic (exact) mass is 485 g/mol. The normalized spacial score (nSPS) is 13.5. The number of alkyl halides is 3. The zero-order chi connectivity index (χ0) is 23.3. The lowest BCUT2D eigenvalue weighted by Gasteiger charge is -2.23. The zero-order valence-electron chi connectivity index (χ0n) is 16.8. The number of thioether (sulfide) groups is 2. The molecule has 0 spiro atoms. The lowest BCUT2D eigenvalue weighted by molar-refractivity contribution is -0.137. The Kier molecular flexibility index (Phi) is 7.83. The molecule has 1 aliphatic heterocycles. The Morgan fingerprint density at radius 3 is 2.81 bits per heavy atom. The molecule has 0 saturated carbocycles. The molecule has 0 saturated heterocycles. The van der Waals surface area contributed by atoms with Crippen LogP contribution < -0.4 is 10.6 Å². The maximum absolute atomic E-state index is 12.9. The maximum atomic E-state index is 12.9. The number of ether oxygens (including phenoxy) is 1. The topological polar surface area (TPSA) is 104 Å². The molecule has 0 radical (unpaired) electrons. The van der Waals surface area contributed by atoms with E-state index < -0.39 is 11.7 Å². The van der Waals surface area contributed by atoms with Gasteiger partial charge in [0.1, 0.15) is 4.90 Å². The smallest absolute Gasteiger partial charge is 0.394 e. The van der Waals surface area contributed by atoms with Crippen LogP contribution in [0.4, 0.5) is 18.9 Å². The Balaban J connectivity index is 1.74. The molecule has 0 fully saturated rings. The van der Waals surface area contributed by atoms with Crippen molar-refractivity contribution in [2.24, 2.45) is 5.10 Å². The Labute approximate surface area is 189 Å². The summed E-state index contributed by atoms with van der Waals surface area (Å²) in [5.74, 6) is 0.213. The molecule has 0 bridgehead atoms. The SMILES string of the molecule is CN1N=C(SCc2ccc(C(F)(F)F)cc2C#N)Sc2c1cnn(CCOCCO)c2=O. The zero-order valence-corrected chi connectivity index (χ0v) is 18.4. The highest BCUT2D eigenvalue weighted by atomic mass is 32.2. The fraction of sp³-hybridized carbons (Fsp3) is 0.368. The van der Waals surface area contributed by atoms with Crippen molar-refractivity contribution in [1.29, 1.82) is 5.26 Å². The predicted molar refractivity (Wildman–Crippen MR) is 116 cm³/mol. The molecule has 2 aromatic rings. The van der Waals surface area contributed by atoms with Crippen LogP contribution >= 0.6 is 23.5 Å². The molecule has 8 nitrogen and oxygen atoms in total. The highest BCUT2D eigenvalue weighted by molar-refractivity contribution is 8.38. The molecule has 0 amide bonds. The van der Waals surface area contributed by atoms with Crippen molar-refractivity contribution in [3.8, 4) is 6.07 Å². The van der Waals surface area contributed by atoms with Crippen LogP contribution in [0.5, 0.6) is 0 Å². The minimum Gasteiger partial charge on any atom is -0.394 e. The van der Waals surface area contributed by atoms with Crippen molar-refractivity contribution in [2.45, 2.75) is 23.4 Å². The number of hydrogen-bond acceptors (Lipinski definition) is 9. The van der Waals surface area contributed by atoms with E-state index >= 15 is 0 Å². The molecule has 0 atom stereocenters. The minimum absolute atomic E-state index is 0.0584. The van der Waals surface area contributed by atoms with Gasteiger partial charge in [-0.3, -0.25) is 9.80 Å². The van der Waals surface area contributed by atoms with Crippen molar-refractivity contribution in [3.63, 3.8) is 0 Å². The average molecular weight is 486 g/mol. The molecule has 1 aromatic heterocycles. The second kappa shape index (κ2) is 10.4. The predicted octanol–water partition coefficient (Wildman–Crippen LogP) is 2.89. The van der Waals surface area contributed by atoms with Gasteiger partial charge in [-0.15, -0.1) is 0 Å². The summed E-state index contributed by atoms with van der Waals surface area (Å²) in [7, 11) is 1.66. The van der Waals surface area contributed by atoms with Crippen LogP contribution in [0.15, 0.2) is 39.2 Å². The number of benzene rings is 1. The van der Waals surface area contributed by atoms with Gasteiger partial charge in [0.15, 0.2) is 4.38 Å². The van der Waals surface area contributed by atoms with E-state index in [-0.39, 0.29) is 43.2 Å². The number of aliphatic hydroxyl groups is 1. The third-order valence-corrected chi connectivity index (χ3v) is 6.57. The maximum Gasteiger partial charge on any atom is 0.416 e. The molecule has 2 heterocycles. The molecule has 170 valence electrons. The number of halogens is 3. The van der Waals surface area contributed by atoms with E-state index in [9.17, 15) is 23.2 Å². The quantitative estimate of drug-likeness (QED) is 0.597. The average Bonchev–Trinajstić information content (AvgIpc) is 2.76. The number of nitrogens with zero attached hydrogens (tertiary/aromatic N) is 5. The number of hydrogen-bond donors (Lipinski definition) is 1. The standard InChI is InChI=1S/C19H18F3N5O3S2/c1-26-15-10-24-27(4-6-30-7-5-28)17(29)16(15)32-18(25-26)31-11-12-2-3-14(19(20,21)22)8-13(12)9-23/h2-3,8,10,28H,4-7,11H2,1H3. The van der Waals surface area contributed by atoms with Crippen LogP contribution in [0.3, 0.4) is 0 Å². The Morgan fingerprint density at radius 2 is 2.12 bits per heavy atom. The largest absolute Gasteiger partial charge is 0.416 e. The van der Waals surface area contributed by atoms with Crippen molar-refractivity contribution < 1.29 is 23.0 Å².